The van der Waals surface area contributed by atoms with Gasteiger partial charge in [-0.1, -0.05) is 48.0 Å². The standard InChI is InChI=1S/C47H59ClF2N4O16/c1-30-24-32(7-14-41(30)62-2)28-51(35-10-11-35)45(55)42-37(34-8-5-31(6-9-34)4-3-15-65-44-39(50)13-12-38(49)43(44)48)27-36-25-33(29-68-47(57)67-21-17-64-19-23-70-54(60)61)26-40(42)52(36)46(56)66-20-16-63-18-22-69-53(58)59/h5-9,12-14,24,33,35-36,40,58-61H,3-4,10-11,15-23,25-29H2,1-2H3. The number of fused-ring (bicyclic) bond motifs is 2. The zero-order chi connectivity index (χ0) is 50.2. The average Bonchev–Trinajstić information content (AvgIpc) is 4.18. The Balaban J connectivity index is 1.25. The zero-order valence-corrected chi connectivity index (χ0v) is 39.6. The minimum atomic E-state index is -0.946. The smallest absolute Gasteiger partial charge is 0.496 e. The molecule has 3 aromatic carbocycles. The zero-order valence-electron chi connectivity index (χ0n) is 38.8. The number of carbonyl (C=O) groups is 3. The van der Waals surface area contributed by atoms with E-state index in [1.54, 1.807) is 12.0 Å². The van der Waals surface area contributed by atoms with Gasteiger partial charge in [0.2, 0.25) is 0 Å². The van der Waals surface area contributed by atoms with Crippen LogP contribution < -0.4 is 9.47 Å². The number of nitrogens with zero attached hydrogens (tertiary/aromatic N) is 4. The molecule has 70 heavy (non-hydrogen) atoms. The molecule has 2 amide bonds. The lowest BCUT2D eigenvalue weighted by Gasteiger charge is -2.49. The van der Waals surface area contributed by atoms with Crippen LogP contribution >= 0.6 is 11.6 Å². The van der Waals surface area contributed by atoms with Gasteiger partial charge in [-0.05, 0) is 104 Å². The molecule has 2 aliphatic heterocycles. The molecule has 3 atom stereocenters. The van der Waals surface area contributed by atoms with E-state index in [0.717, 1.165) is 52.8 Å². The van der Waals surface area contributed by atoms with Crippen LogP contribution in [0, 0.1) is 24.5 Å². The molecule has 2 fully saturated rings. The molecule has 0 aromatic heterocycles. The van der Waals surface area contributed by atoms with Crippen molar-refractivity contribution in [2.24, 2.45) is 5.92 Å². The molecule has 2 heterocycles. The Labute approximate surface area is 408 Å². The Morgan fingerprint density at radius 3 is 2.06 bits per heavy atom. The Morgan fingerprint density at radius 2 is 1.41 bits per heavy atom. The summed E-state index contributed by atoms with van der Waals surface area (Å²) in [4.78, 5) is 54.8. The maximum absolute atomic E-state index is 15.5. The highest BCUT2D eigenvalue weighted by Gasteiger charge is 2.49. The number of aryl methyl sites for hydroxylation is 2. The first kappa shape index (κ1) is 54.1. The number of methoxy groups -OCH3 is 1. The molecule has 3 aliphatic rings. The van der Waals surface area contributed by atoms with Gasteiger partial charge >= 0.3 is 12.2 Å². The second-order valence-electron chi connectivity index (χ2n) is 16.7. The van der Waals surface area contributed by atoms with Gasteiger partial charge in [0.1, 0.15) is 29.8 Å². The van der Waals surface area contributed by atoms with Crippen LogP contribution in [0.2, 0.25) is 5.02 Å². The highest BCUT2D eigenvalue weighted by atomic mass is 35.5. The van der Waals surface area contributed by atoms with Crippen molar-refractivity contribution in [1.29, 1.82) is 0 Å². The fraction of sp³-hybridized carbons (Fsp3) is 0.511. The lowest BCUT2D eigenvalue weighted by atomic mass is 9.73. The maximum Gasteiger partial charge on any atom is 0.508 e. The minimum absolute atomic E-state index is 0.0113. The van der Waals surface area contributed by atoms with Crippen LogP contribution in [0.4, 0.5) is 18.4 Å². The van der Waals surface area contributed by atoms with Gasteiger partial charge in [-0.15, -0.1) is 0 Å². The highest BCUT2D eigenvalue weighted by Crippen LogP contribution is 2.46. The summed E-state index contributed by atoms with van der Waals surface area (Å²) >= 11 is 5.94. The summed E-state index contributed by atoms with van der Waals surface area (Å²) in [5.41, 5.74) is 4.66. The van der Waals surface area contributed by atoms with E-state index in [4.69, 9.17) is 65.6 Å². The molecule has 1 saturated heterocycles. The van der Waals surface area contributed by atoms with Gasteiger partial charge in [-0.25, -0.2) is 28.0 Å². The Kier molecular flexibility index (Phi) is 20.7. The average molecular weight is 1010 g/mol. The van der Waals surface area contributed by atoms with E-state index < -0.39 is 51.8 Å². The van der Waals surface area contributed by atoms with E-state index in [2.05, 4.69) is 9.68 Å². The Hall–Kier alpha value is -5.24. The van der Waals surface area contributed by atoms with Crippen LogP contribution in [0.15, 0.2) is 60.2 Å². The van der Waals surface area contributed by atoms with Crippen molar-refractivity contribution in [2.75, 3.05) is 73.2 Å². The topological polar surface area (TPSA) is 228 Å². The molecule has 6 rings (SSSR count). The monoisotopic (exact) mass is 1010 g/mol. The number of piperidine rings is 1. The summed E-state index contributed by atoms with van der Waals surface area (Å²) in [5.74, 6) is -1.75. The molecular formula is C47H59ClF2N4O16. The van der Waals surface area contributed by atoms with Crippen molar-refractivity contribution in [2.45, 2.75) is 76.5 Å². The van der Waals surface area contributed by atoms with E-state index in [9.17, 15) is 18.4 Å². The maximum atomic E-state index is 15.5. The van der Waals surface area contributed by atoms with Crippen LogP contribution in [0.5, 0.6) is 11.5 Å². The van der Waals surface area contributed by atoms with Crippen LogP contribution in [0.1, 0.15) is 60.8 Å². The molecule has 1 aliphatic carbocycles. The summed E-state index contributed by atoms with van der Waals surface area (Å²) in [6.07, 6.45) is 1.79. The highest BCUT2D eigenvalue weighted by molar-refractivity contribution is 6.32. The summed E-state index contributed by atoms with van der Waals surface area (Å²) in [5, 5.41) is 33.5. The predicted molar refractivity (Wildman–Crippen MR) is 240 cm³/mol. The third-order valence-electron chi connectivity index (χ3n) is 11.9. The summed E-state index contributed by atoms with van der Waals surface area (Å²) in [6, 6.07) is 14.0. The fourth-order valence-corrected chi connectivity index (χ4v) is 8.77. The number of hydrogen-bond acceptors (Lipinski definition) is 18. The van der Waals surface area contributed by atoms with E-state index >= 15 is 4.79 Å². The number of amides is 2. The first-order valence-corrected chi connectivity index (χ1v) is 23.2. The van der Waals surface area contributed by atoms with Crippen molar-refractivity contribution in [3.8, 4) is 11.5 Å². The van der Waals surface area contributed by atoms with Gasteiger partial charge in [0.15, 0.2) is 11.6 Å². The SMILES string of the molecule is COc1ccc(CN(C(=O)C2=C(c3ccc(CCCOc4c(F)ccc(F)c4Cl)cc3)CC3CC(COC(=O)OCCOCCON(O)O)CC2N3C(=O)OCCOCCON(O)O)C2CC2)cc1C. The van der Waals surface area contributed by atoms with Crippen molar-refractivity contribution < 1.29 is 86.8 Å². The predicted octanol–water partition coefficient (Wildman–Crippen LogP) is 7.09. The molecule has 1 saturated carbocycles. The molecule has 0 spiro atoms. The van der Waals surface area contributed by atoms with Gasteiger partial charge in [0.05, 0.1) is 76.8 Å². The molecule has 4 N–H and O–H groups in total. The summed E-state index contributed by atoms with van der Waals surface area (Å²) in [6.45, 7) is 1.47. The molecular weight excluding hydrogens is 950 g/mol. The lowest BCUT2D eigenvalue weighted by molar-refractivity contribution is -0.493. The first-order valence-electron chi connectivity index (χ1n) is 22.8. The van der Waals surface area contributed by atoms with Gasteiger partial charge in [-0.2, -0.15) is 0 Å². The van der Waals surface area contributed by atoms with Crippen molar-refractivity contribution in [3.05, 3.63) is 99.1 Å². The van der Waals surface area contributed by atoms with Gasteiger partial charge in [-0.3, -0.25) is 30.5 Å². The third-order valence-corrected chi connectivity index (χ3v) is 12.2. The second kappa shape index (κ2) is 26.8. The minimum Gasteiger partial charge on any atom is -0.496 e. The van der Waals surface area contributed by atoms with Gasteiger partial charge in [0.25, 0.3) is 5.91 Å². The van der Waals surface area contributed by atoms with Crippen molar-refractivity contribution >= 4 is 35.3 Å². The van der Waals surface area contributed by atoms with Gasteiger partial charge < -0.3 is 38.1 Å². The van der Waals surface area contributed by atoms with E-state index in [0.29, 0.717) is 37.1 Å². The van der Waals surface area contributed by atoms with E-state index in [-0.39, 0.29) is 103 Å². The van der Waals surface area contributed by atoms with E-state index in [1.807, 2.05) is 54.3 Å². The number of hydrogen-bond donors (Lipinski definition) is 4. The molecule has 23 heteroatoms. The number of benzene rings is 3. The fourth-order valence-electron chi connectivity index (χ4n) is 8.56. The molecule has 3 aromatic rings. The largest absolute Gasteiger partial charge is 0.508 e. The molecule has 0 radical (unpaired) electrons. The number of halogens is 3. The third kappa shape index (κ3) is 15.6. The van der Waals surface area contributed by atoms with E-state index in [1.165, 1.54) is 0 Å². The molecule has 3 unspecified atom stereocenters. The van der Waals surface area contributed by atoms with Crippen LogP contribution in [-0.4, -0.2) is 151 Å². The quantitative estimate of drug-likeness (QED) is 0.0259. The second-order valence-corrected chi connectivity index (χ2v) is 17.1. The Bertz CT molecular complexity index is 2240. The number of rotatable bonds is 27. The summed E-state index contributed by atoms with van der Waals surface area (Å²) in [7, 11) is 1.59. The molecule has 20 nitrogen and oxygen atoms in total. The van der Waals surface area contributed by atoms with Crippen LogP contribution in [0.3, 0.4) is 0 Å². The first-order chi connectivity index (χ1) is 33.7. The van der Waals surface area contributed by atoms with Crippen LogP contribution in [-0.2, 0) is 51.1 Å². The van der Waals surface area contributed by atoms with Crippen molar-refractivity contribution in [3.63, 3.8) is 0 Å². The van der Waals surface area contributed by atoms with Crippen LogP contribution in [0.25, 0.3) is 5.57 Å². The number of carbonyl (C=O) groups excluding carboxylic acids is 3. The number of ether oxygens (including phenoxy) is 7. The Morgan fingerprint density at radius 1 is 0.771 bits per heavy atom. The molecule has 2 bridgehead atoms. The van der Waals surface area contributed by atoms with Crippen molar-refractivity contribution in [1.82, 2.24) is 20.6 Å². The van der Waals surface area contributed by atoms with Gasteiger partial charge in [0, 0.05) is 24.2 Å². The molecule has 384 valence electrons. The lowest BCUT2D eigenvalue weighted by Crippen LogP contribution is -2.58. The summed E-state index contributed by atoms with van der Waals surface area (Å²) < 4.78 is 66.4. The normalized spacial score (nSPS) is 17.8.